The van der Waals surface area contributed by atoms with Gasteiger partial charge in [0.2, 0.25) is 5.91 Å². The van der Waals surface area contributed by atoms with E-state index in [1.54, 1.807) is 11.3 Å². The van der Waals surface area contributed by atoms with Gasteiger partial charge < -0.3 is 4.90 Å². The Labute approximate surface area is 135 Å². The first kappa shape index (κ1) is 15.3. The molecule has 0 bridgehead atoms. The molecular weight excluding hydrogens is 294 g/mol. The smallest absolute Gasteiger partial charge is 0.223 e. The number of carbonyl (C=O) groups excluding carboxylic acids is 1. The molecule has 3 heterocycles. The molecule has 0 radical (unpaired) electrons. The highest BCUT2D eigenvalue weighted by Crippen LogP contribution is 2.35. The van der Waals surface area contributed by atoms with E-state index in [0.717, 1.165) is 31.5 Å². The SMILES string of the molecule is Cc1nn(C)c(C)c1[C@@H]1CCCN1C(=O)CCc1ccsc1. The maximum atomic E-state index is 12.7. The Balaban J connectivity index is 1.73. The summed E-state index contributed by atoms with van der Waals surface area (Å²) in [4.78, 5) is 14.7. The molecule has 22 heavy (non-hydrogen) atoms. The van der Waals surface area contributed by atoms with E-state index >= 15 is 0 Å². The molecule has 4 nitrogen and oxygen atoms in total. The van der Waals surface area contributed by atoms with Crippen LogP contribution in [-0.4, -0.2) is 27.1 Å². The van der Waals surface area contributed by atoms with E-state index in [2.05, 4.69) is 40.7 Å². The van der Waals surface area contributed by atoms with E-state index in [0.29, 0.717) is 6.42 Å². The van der Waals surface area contributed by atoms with E-state index in [1.165, 1.54) is 16.8 Å². The molecule has 0 aromatic carbocycles. The largest absolute Gasteiger partial charge is 0.336 e. The summed E-state index contributed by atoms with van der Waals surface area (Å²) in [7, 11) is 1.98. The molecule has 1 aliphatic heterocycles. The minimum atomic E-state index is 0.212. The molecule has 0 spiro atoms. The predicted octanol–water partition coefficient (Wildman–Crippen LogP) is 3.39. The Kier molecular flexibility index (Phi) is 4.34. The number of aryl methyl sites for hydroxylation is 3. The normalized spacial score (nSPS) is 18.1. The van der Waals surface area contributed by atoms with Crippen LogP contribution < -0.4 is 0 Å². The van der Waals surface area contributed by atoms with Gasteiger partial charge in [-0.3, -0.25) is 9.48 Å². The van der Waals surface area contributed by atoms with Crippen LogP contribution in [-0.2, 0) is 18.3 Å². The van der Waals surface area contributed by atoms with Gasteiger partial charge in [0, 0.05) is 31.3 Å². The topological polar surface area (TPSA) is 38.1 Å². The predicted molar refractivity (Wildman–Crippen MR) is 89.0 cm³/mol. The zero-order valence-corrected chi connectivity index (χ0v) is 14.3. The number of thiophene rings is 1. The fraction of sp³-hybridized carbons (Fsp3) is 0.529. The minimum Gasteiger partial charge on any atom is -0.336 e. The lowest BCUT2D eigenvalue weighted by Crippen LogP contribution is -2.31. The van der Waals surface area contributed by atoms with E-state index in [9.17, 15) is 4.79 Å². The quantitative estimate of drug-likeness (QED) is 0.867. The van der Waals surface area contributed by atoms with Gasteiger partial charge in [-0.25, -0.2) is 0 Å². The first-order chi connectivity index (χ1) is 10.6. The molecule has 2 aromatic rings. The summed E-state index contributed by atoms with van der Waals surface area (Å²) >= 11 is 1.69. The van der Waals surface area contributed by atoms with Crippen molar-refractivity contribution >= 4 is 17.2 Å². The molecular formula is C17H23N3OS. The molecule has 1 aliphatic rings. The first-order valence-electron chi connectivity index (χ1n) is 7.88. The number of hydrogen-bond donors (Lipinski definition) is 0. The highest BCUT2D eigenvalue weighted by Gasteiger charge is 2.33. The van der Waals surface area contributed by atoms with Crippen LogP contribution >= 0.6 is 11.3 Å². The molecule has 2 aromatic heterocycles. The van der Waals surface area contributed by atoms with Crippen LogP contribution in [0.2, 0.25) is 0 Å². The van der Waals surface area contributed by atoms with Gasteiger partial charge in [0.1, 0.15) is 0 Å². The highest BCUT2D eigenvalue weighted by molar-refractivity contribution is 7.07. The van der Waals surface area contributed by atoms with Crippen molar-refractivity contribution < 1.29 is 4.79 Å². The number of nitrogens with zero attached hydrogens (tertiary/aromatic N) is 3. The first-order valence-corrected chi connectivity index (χ1v) is 8.83. The minimum absolute atomic E-state index is 0.212. The number of carbonyl (C=O) groups is 1. The van der Waals surface area contributed by atoms with Crippen molar-refractivity contribution in [2.45, 2.75) is 45.6 Å². The van der Waals surface area contributed by atoms with E-state index < -0.39 is 0 Å². The van der Waals surface area contributed by atoms with Gasteiger partial charge in [-0.1, -0.05) is 0 Å². The van der Waals surface area contributed by atoms with E-state index in [1.807, 2.05) is 11.7 Å². The third kappa shape index (κ3) is 2.82. The fourth-order valence-corrected chi connectivity index (χ4v) is 4.17. The molecule has 118 valence electrons. The van der Waals surface area contributed by atoms with Gasteiger partial charge in [0.15, 0.2) is 0 Å². The third-order valence-corrected chi connectivity index (χ3v) is 5.41. The van der Waals surface area contributed by atoms with Crippen LogP contribution in [0.25, 0.3) is 0 Å². The van der Waals surface area contributed by atoms with Crippen LogP contribution in [0.1, 0.15) is 47.8 Å². The van der Waals surface area contributed by atoms with Crippen molar-refractivity contribution in [1.29, 1.82) is 0 Å². The van der Waals surface area contributed by atoms with Crippen LogP contribution in [0.4, 0.5) is 0 Å². The summed E-state index contributed by atoms with van der Waals surface area (Å²) in [5, 5.41) is 8.72. The lowest BCUT2D eigenvalue weighted by molar-refractivity contribution is -0.132. The number of amides is 1. The van der Waals surface area contributed by atoms with Gasteiger partial charge >= 0.3 is 0 Å². The molecule has 3 rings (SSSR count). The average molecular weight is 317 g/mol. The second kappa shape index (κ2) is 6.24. The monoisotopic (exact) mass is 317 g/mol. The Bertz CT molecular complexity index is 660. The van der Waals surface area contributed by atoms with Crippen molar-refractivity contribution in [1.82, 2.24) is 14.7 Å². The number of aromatic nitrogens is 2. The molecule has 1 atom stereocenters. The van der Waals surface area contributed by atoms with Crippen molar-refractivity contribution in [3.05, 3.63) is 39.3 Å². The van der Waals surface area contributed by atoms with Gasteiger partial charge in [-0.05, 0) is 55.5 Å². The fourth-order valence-electron chi connectivity index (χ4n) is 3.47. The number of rotatable bonds is 4. The highest BCUT2D eigenvalue weighted by atomic mass is 32.1. The molecule has 0 unspecified atom stereocenters. The van der Waals surface area contributed by atoms with Gasteiger partial charge in [-0.15, -0.1) is 0 Å². The van der Waals surface area contributed by atoms with Gasteiger partial charge in [0.25, 0.3) is 0 Å². The molecule has 1 fully saturated rings. The maximum absolute atomic E-state index is 12.7. The lowest BCUT2D eigenvalue weighted by atomic mass is 10.0. The summed E-state index contributed by atoms with van der Waals surface area (Å²) in [6.07, 6.45) is 3.59. The molecule has 1 amide bonds. The Morgan fingerprint density at radius 3 is 2.91 bits per heavy atom. The van der Waals surface area contributed by atoms with Gasteiger partial charge in [-0.2, -0.15) is 16.4 Å². The van der Waals surface area contributed by atoms with E-state index in [-0.39, 0.29) is 11.9 Å². The standard InChI is InChI=1S/C17H23N3OS/c1-12-17(13(2)19(3)18-12)15-5-4-9-20(15)16(21)7-6-14-8-10-22-11-14/h8,10-11,15H,4-7,9H2,1-3H3/t15-/m0/s1. The second-order valence-corrected chi connectivity index (χ2v) is 6.86. The molecule has 5 heteroatoms. The summed E-state index contributed by atoms with van der Waals surface area (Å²) in [5.41, 5.74) is 4.76. The third-order valence-electron chi connectivity index (χ3n) is 4.68. The molecule has 0 N–H and O–H groups in total. The van der Waals surface area contributed by atoms with Crippen molar-refractivity contribution in [3.8, 4) is 0 Å². The van der Waals surface area contributed by atoms with Crippen molar-refractivity contribution in [2.24, 2.45) is 7.05 Å². The zero-order valence-electron chi connectivity index (χ0n) is 13.5. The number of likely N-dealkylation sites (tertiary alicyclic amines) is 1. The zero-order chi connectivity index (χ0) is 15.7. The summed E-state index contributed by atoms with van der Waals surface area (Å²) in [6, 6.07) is 2.32. The van der Waals surface area contributed by atoms with Crippen LogP contribution in [0.5, 0.6) is 0 Å². The van der Waals surface area contributed by atoms with E-state index in [4.69, 9.17) is 0 Å². The molecule has 1 saturated heterocycles. The Morgan fingerprint density at radius 1 is 1.45 bits per heavy atom. The number of hydrogen-bond acceptors (Lipinski definition) is 3. The summed E-state index contributed by atoms with van der Waals surface area (Å²) in [6.45, 7) is 5.03. The van der Waals surface area contributed by atoms with Crippen molar-refractivity contribution in [2.75, 3.05) is 6.54 Å². The second-order valence-electron chi connectivity index (χ2n) is 6.08. The van der Waals surface area contributed by atoms with Gasteiger partial charge in [0.05, 0.1) is 11.7 Å². The summed E-state index contributed by atoms with van der Waals surface area (Å²) in [5.74, 6) is 0.274. The molecule has 0 aliphatic carbocycles. The molecule has 0 saturated carbocycles. The average Bonchev–Trinajstić information content (AvgIpc) is 3.19. The van der Waals surface area contributed by atoms with Crippen molar-refractivity contribution in [3.63, 3.8) is 0 Å². The van der Waals surface area contributed by atoms with Crippen LogP contribution in [0.15, 0.2) is 16.8 Å². The Morgan fingerprint density at radius 2 is 2.27 bits per heavy atom. The Hall–Kier alpha value is -1.62. The maximum Gasteiger partial charge on any atom is 0.223 e. The summed E-state index contributed by atoms with van der Waals surface area (Å²) < 4.78 is 1.93. The lowest BCUT2D eigenvalue weighted by Gasteiger charge is -2.25. The van der Waals surface area contributed by atoms with Crippen LogP contribution in [0, 0.1) is 13.8 Å². The van der Waals surface area contributed by atoms with Crippen LogP contribution in [0.3, 0.4) is 0 Å².